The molecule has 1 aromatic heterocycles. The predicted molar refractivity (Wildman–Crippen MR) is 111 cm³/mol. The lowest BCUT2D eigenvalue weighted by Crippen LogP contribution is -2.22. The minimum atomic E-state index is -3.79. The molecule has 0 atom stereocenters. The Morgan fingerprint density at radius 3 is 2.47 bits per heavy atom. The molecule has 0 unspecified atom stereocenters. The standard InChI is InChI=1S/C20H20N4O5S/c1-14-11-18(24(2)22-14)21-19(25)13-29-20(26)15-7-6-8-16(12-15)23-30(27,28)17-9-4-3-5-10-17/h3-12,23H,13H2,1-2H3,(H,21,25). The number of aryl methyl sites for hydroxylation is 2. The van der Waals surface area contributed by atoms with Gasteiger partial charge in [0.1, 0.15) is 5.82 Å². The first-order chi connectivity index (χ1) is 14.2. The van der Waals surface area contributed by atoms with Crippen LogP contribution >= 0.6 is 0 Å². The highest BCUT2D eigenvalue weighted by Gasteiger charge is 2.16. The van der Waals surface area contributed by atoms with Crippen LogP contribution in [0.4, 0.5) is 11.5 Å². The molecule has 2 N–H and O–H groups in total. The van der Waals surface area contributed by atoms with Gasteiger partial charge in [0.15, 0.2) is 6.61 Å². The average Bonchev–Trinajstić information content (AvgIpc) is 3.03. The van der Waals surface area contributed by atoms with Crippen LogP contribution < -0.4 is 10.0 Å². The van der Waals surface area contributed by atoms with Gasteiger partial charge < -0.3 is 10.1 Å². The average molecular weight is 428 g/mol. The lowest BCUT2D eigenvalue weighted by atomic mass is 10.2. The summed E-state index contributed by atoms with van der Waals surface area (Å²) in [6.07, 6.45) is 0. The first kappa shape index (κ1) is 21.1. The Hall–Kier alpha value is -3.66. The molecular formula is C20H20N4O5S. The molecule has 0 aliphatic carbocycles. The van der Waals surface area contributed by atoms with Gasteiger partial charge in [-0.15, -0.1) is 0 Å². The third kappa shape index (κ3) is 5.23. The van der Waals surface area contributed by atoms with Gasteiger partial charge in [0.2, 0.25) is 0 Å². The highest BCUT2D eigenvalue weighted by atomic mass is 32.2. The van der Waals surface area contributed by atoms with Crippen molar-refractivity contribution < 1.29 is 22.7 Å². The number of benzene rings is 2. The Kier molecular flexibility index (Phi) is 6.17. The Morgan fingerprint density at radius 1 is 1.07 bits per heavy atom. The number of nitrogens with zero attached hydrogens (tertiary/aromatic N) is 2. The number of hydrogen-bond acceptors (Lipinski definition) is 6. The molecule has 3 rings (SSSR count). The number of carbonyl (C=O) groups is 2. The van der Waals surface area contributed by atoms with E-state index in [4.69, 9.17) is 4.74 Å². The van der Waals surface area contributed by atoms with Gasteiger partial charge in [-0.25, -0.2) is 13.2 Å². The number of sulfonamides is 1. The summed E-state index contributed by atoms with van der Waals surface area (Å²) >= 11 is 0. The molecule has 0 saturated carbocycles. The second kappa shape index (κ2) is 8.78. The maximum Gasteiger partial charge on any atom is 0.338 e. The van der Waals surface area contributed by atoms with E-state index >= 15 is 0 Å². The van der Waals surface area contributed by atoms with Crippen LogP contribution in [-0.4, -0.2) is 36.7 Å². The smallest absolute Gasteiger partial charge is 0.338 e. The van der Waals surface area contributed by atoms with Crippen molar-refractivity contribution in [2.24, 2.45) is 7.05 Å². The summed E-state index contributed by atoms with van der Waals surface area (Å²) in [6.45, 7) is 1.29. The first-order valence-corrected chi connectivity index (χ1v) is 10.4. The quantitative estimate of drug-likeness (QED) is 0.558. The number of esters is 1. The summed E-state index contributed by atoms with van der Waals surface area (Å²) in [5.41, 5.74) is 1.04. The molecular weight excluding hydrogens is 408 g/mol. The molecule has 30 heavy (non-hydrogen) atoms. The van der Waals surface area contributed by atoms with Crippen LogP contribution in [0.1, 0.15) is 16.1 Å². The topological polar surface area (TPSA) is 119 Å². The van der Waals surface area contributed by atoms with E-state index < -0.39 is 28.5 Å². The molecule has 0 spiro atoms. The number of ether oxygens (including phenoxy) is 1. The van der Waals surface area contributed by atoms with Crippen LogP contribution in [-0.2, 0) is 26.6 Å². The molecule has 1 amide bonds. The van der Waals surface area contributed by atoms with E-state index in [1.165, 1.54) is 41.1 Å². The number of anilines is 2. The lowest BCUT2D eigenvalue weighted by Gasteiger charge is -2.10. The van der Waals surface area contributed by atoms with Crippen LogP contribution in [0.15, 0.2) is 65.6 Å². The zero-order valence-corrected chi connectivity index (χ0v) is 17.1. The van der Waals surface area contributed by atoms with Crippen molar-refractivity contribution in [1.82, 2.24) is 9.78 Å². The van der Waals surface area contributed by atoms with E-state index in [9.17, 15) is 18.0 Å². The van der Waals surface area contributed by atoms with Gasteiger partial charge in [-0.2, -0.15) is 5.10 Å². The number of amides is 1. The molecule has 0 bridgehead atoms. The molecule has 9 nitrogen and oxygen atoms in total. The lowest BCUT2D eigenvalue weighted by molar-refractivity contribution is -0.119. The summed E-state index contributed by atoms with van der Waals surface area (Å²) in [6, 6.07) is 15.4. The van der Waals surface area contributed by atoms with Crippen molar-refractivity contribution in [3.63, 3.8) is 0 Å². The summed E-state index contributed by atoms with van der Waals surface area (Å²) < 4.78 is 33.8. The van der Waals surface area contributed by atoms with Crippen LogP contribution in [0.3, 0.4) is 0 Å². The zero-order valence-electron chi connectivity index (χ0n) is 16.3. The van der Waals surface area contributed by atoms with Crippen molar-refractivity contribution in [2.45, 2.75) is 11.8 Å². The maximum absolute atomic E-state index is 12.4. The fraction of sp³-hybridized carbons (Fsp3) is 0.150. The van der Waals surface area contributed by atoms with Gasteiger partial charge in [0.05, 0.1) is 16.2 Å². The van der Waals surface area contributed by atoms with Crippen LogP contribution in [0.5, 0.6) is 0 Å². The van der Waals surface area contributed by atoms with Gasteiger partial charge in [-0.3, -0.25) is 14.2 Å². The summed E-state index contributed by atoms with van der Waals surface area (Å²) in [4.78, 5) is 24.4. The normalized spacial score (nSPS) is 11.0. The maximum atomic E-state index is 12.4. The Labute approximate surface area is 173 Å². The molecule has 2 aromatic carbocycles. The largest absolute Gasteiger partial charge is 0.452 e. The highest BCUT2D eigenvalue weighted by Crippen LogP contribution is 2.17. The number of rotatable bonds is 7. The van der Waals surface area contributed by atoms with E-state index in [1.807, 2.05) is 0 Å². The number of nitrogens with one attached hydrogen (secondary N) is 2. The van der Waals surface area contributed by atoms with Crippen molar-refractivity contribution in [3.05, 3.63) is 71.9 Å². The van der Waals surface area contributed by atoms with E-state index in [-0.39, 0.29) is 16.1 Å². The minimum absolute atomic E-state index is 0.0973. The SMILES string of the molecule is Cc1cc(NC(=O)COC(=O)c2cccc(NS(=O)(=O)c3ccccc3)c2)n(C)n1. The van der Waals surface area contributed by atoms with Crippen molar-refractivity contribution in [3.8, 4) is 0 Å². The van der Waals surface area contributed by atoms with Crippen LogP contribution in [0.25, 0.3) is 0 Å². The van der Waals surface area contributed by atoms with Gasteiger partial charge in [0, 0.05) is 18.8 Å². The fourth-order valence-corrected chi connectivity index (χ4v) is 3.71. The zero-order chi connectivity index (χ0) is 21.7. The van der Waals surface area contributed by atoms with Gasteiger partial charge >= 0.3 is 5.97 Å². The second-order valence-corrected chi connectivity index (χ2v) is 8.10. The molecule has 10 heteroatoms. The van der Waals surface area contributed by atoms with Gasteiger partial charge in [-0.05, 0) is 37.3 Å². The number of hydrogen-bond donors (Lipinski definition) is 2. The van der Waals surface area contributed by atoms with E-state index in [0.29, 0.717) is 5.82 Å². The number of aromatic nitrogens is 2. The molecule has 0 aliphatic rings. The Balaban J connectivity index is 1.62. The van der Waals surface area contributed by atoms with Crippen LogP contribution in [0.2, 0.25) is 0 Å². The molecule has 3 aromatic rings. The van der Waals surface area contributed by atoms with E-state index in [1.54, 1.807) is 38.2 Å². The van der Waals surface area contributed by atoms with Gasteiger partial charge in [-0.1, -0.05) is 24.3 Å². The minimum Gasteiger partial charge on any atom is -0.452 e. The van der Waals surface area contributed by atoms with E-state index in [2.05, 4.69) is 15.1 Å². The van der Waals surface area contributed by atoms with E-state index in [0.717, 1.165) is 5.69 Å². The summed E-state index contributed by atoms with van der Waals surface area (Å²) in [5, 5.41) is 6.70. The van der Waals surface area contributed by atoms with Gasteiger partial charge in [0.25, 0.3) is 15.9 Å². The highest BCUT2D eigenvalue weighted by molar-refractivity contribution is 7.92. The molecule has 0 radical (unpaired) electrons. The third-order valence-electron chi connectivity index (χ3n) is 4.01. The third-order valence-corrected chi connectivity index (χ3v) is 5.41. The summed E-state index contributed by atoms with van der Waals surface area (Å²) in [7, 11) is -2.12. The molecule has 0 aliphatic heterocycles. The fourth-order valence-electron chi connectivity index (χ4n) is 2.64. The predicted octanol–water partition coefficient (Wildman–Crippen LogP) is 2.32. The first-order valence-electron chi connectivity index (χ1n) is 8.90. The van der Waals surface area contributed by atoms with Crippen molar-refractivity contribution in [2.75, 3.05) is 16.6 Å². The van der Waals surface area contributed by atoms with Crippen LogP contribution in [0, 0.1) is 6.92 Å². The monoisotopic (exact) mass is 428 g/mol. The Bertz CT molecular complexity index is 1170. The Morgan fingerprint density at radius 2 is 1.80 bits per heavy atom. The molecule has 0 saturated heterocycles. The second-order valence-electron chi connectivity index (χ2n) is 6.42. The molecule has 0 fully saturated rings. The molecule has 1 heterocycles. The van der Waals surface area contributed by atoms with Crippen molar-refractivity contribution in [1.29, 1.82) is 0 Å². The van der Waals surface area contributed by atoms with Crippen molar-refractivity contribution >= 4 is 33.4 Å². The number of carbonyl (C=O) groups excluding carboxylic acids is 2. The molecule has 156 valence electrons. The summed E-state index contributed by atoms with van der Waals surface area (Å²) in [5.74, 6) is -0.801.